The third-order valence-electron chi connectivity index (χ3n) is 9.45. The zero-order valence-corrected chi connectivity index (χ0v) is 17.2. The summed E-state index contributed by atoms with van der Waals surface area (Å²) in [5.74, 6) is 3.35. The van der Waals surface area contributed by atoms with Crippen LogP contribution in [0.3, 0.4) is 0 Å². The molecule has 0 spiro atoms. The van der Waals surface area contributed by atoms with Crippen LogP contribution in [0.25, 0.3) is 0 Å². The lowest BCUT2D eigenvalue weighted by Crippen LogP contribution is -2.60. The van der Waals surface area contributed by atoms with E-state index in [-0.39, 0.29) is 17.3 Å². The Morgan fingerprint density at radius 3 is 2.43 bits per heavy atom. The number of carbonyl (C=O) groups is 1. The van der Waals surface area contributed by atoms with Crippen LogP contribution in [0.5, 0.6) is 0 Å². The fourth-order valence-electron chi connectivity index (χ4n) is 7.90. The van der Waals surface area contributed by atoms with Crippen molar-refractivity contribution in [2.24, 2.45) is 34.5 Å². The number of esters is 1. The summed E-state index contributed by atoms with van der Waals surface area (Å²) in [6.45, 7) is 5.73. The van der Waals surface area contributed by atoms with Crippen LogP contribution in [0.15, 0.2) is 0 Å². The van der Waals surface area contributed by atoms with Gasteiger partial charge in [-0.25, -0.2) is 0 Å². The third kappa shape index (κ3) is 2.47. The molecule has 5 unspecified atom stereocenters. The summed E-state index contributed by atoms with van der Waals surface area (Å²) in [6.07, 6.45) is 9.64. The first-order valence-electron chi connectivity index (χ1n) is 10.8. The zero-order valence-electron chi connectivity index (χ0n) is 17.2. The van der Waals surface area contributed by atoms with Gasteiger partial charge < -0.3 is 20.1 Å². The SMILES string of the molecule is C#CC1(O)C(OC(C)=O)C[C@H]2[C@@H]3CCC4C(O)C(O)CC[C@]4(C)[C@@H]3CC[C@@]21C. The van der Waals surface area contributed by atoms with Crippen LogP contribution < -0.4 is 0 Å². The van der Waals surface area contributed by atoms with E-state index >= 15 is 0 Å². The number of fused-ring (bicyclic) bond motifs is 5. The molecule has 0 radical (unpaired) electrons. The van der Waals surface area contributed by atoms with Gasteiger partial charge in [-0.3, -0.25) is 4.79 Å². The maximum atomic E-state index is 11.6. The summed E-state index contributed by atoms with van der Waals surface area (Å²) in [4.78, 5) is 11.6. The Morgan fingerprint density at radius 1 is 1.07 bits per heavy atom. The highest BCUT2D eigenvalue weighted by molar-refractivity contribution is 5.66. The van der Waals surface area contributed by atoms with E-state index in [1.54, 1.807) is 0 Å². The molecule has 0 aromatic heterocycles. The van der Waals surface area contributed by atoms with Gasteiger partial charge in [0.05, 0.1) is 12.2 Å². The smallest absolute Gasteiger partial charge is 0.303 e. The number of terminal acetylenes is 1. The third-order valence-corrected chi connectivity index (χ3v) is 9.45. The molecule has 0 aromatic carbocycles. The summed E-state index contributed by atoms with van der Waals surface area (Å²) in [5, 5.41) is 32.3. The van der Waals surface area contributed by atoms with Gasteiger partial charge in [-0.15, -0.1) is 6.42 Å². The van der Waals surface area contributed by atoms with Gasteiger partial charge >= 0.3 is 5.97 Å². The lowest BCUT2D eigenvalue weighted by atomic mass is 9.44. The number of ether oxygens (including phenoxy) is 1. The molecule has 0 aliphatic heterocycles. The van der Waals surface area contributed by atoms with Crippen molar-refractivity contribution in [3.05, 3.63) is 0 Å². The highest BCUT2D eigenvalue weighted by Crippen LogP contribution is 2.68. The Bertz CT molecular complexity index is 700. The molecular formula is C23H34O5. The lowest BCUT2D eigenvalue weighted by Gasteiger charge is -2.61. The maximum Gasteiger partial charge on any atom is 0.303 e. The fraction of sp³-hybridized carbons (Fsp3) is 0.870. The van der Waals surface area contributed by atoms with E-state index in [2.05, 4.69) is 19.8 Å². The summed E-state index contributed by atoms with van der Waals surface area (Å²) in [7, 11) is 0. The largest absolute Gasteiger partial charge is 0.458 e. The van der Waals surface area contributed by atoms with Crippen LogP contribution in [-0.2, 0) is 9.53 Å². The average molecular weight is 391 g/mol. The molecule has 0 bridgehead atoms. The van der Waals surface area contributed by atoms with E-state index in [0.717, 1.165) is 32.1 Å². The molecule has 4 rings (SSSR count). The molecule has 4 aliphatic rings. The Labute approximate surface area is 167 Å². The molecule has 5 nitrogen and oxygen atoms in total. The van der Waals surface area contributed by atoms with Crippen molar-refractivity contribution in [2.45, 2.75) is 89.6 Å². The predicted octanol–water partition coefficient (Wildman–Crippen LogP) is 2.27. The topological polar surface area (TPSA) is 87.0 Å². The Kier molecular flexibility index (Phi) is 4.65. The summed E-state index contributed by atoms with van der Waals surface area (Å²) in [6, 6.07) is 0. The fourth-order valence-corrected chi connectivity index (χ4v) is 7.90. The minimum Gasteiger partial charge on any atom is -0.458 e. The molecule has 10 atom stereocenters. The van der Waals surface area contributed by atoms with Gasteiger partial charge in [-0.1, -0.05) is 19.8 Å². The molecular weight excluding hydrogens is 356 g/mol. The van der Waals surface area contributed by atoms with Crippen molar-refractivity contribution in [1.29, 1.82) is 0 Å². The van der Waals surface area contributed by atoms with Gasteiger partial charge in [-0.2, -0.15) is 0 Å². The molecule has 4 saturated carbocycles. The van der Waals surface area contributed by atoms with E-state index in [4.69, 9.17) is 11.2 Å². The van der Waals surface area contributed by atoms with Crippen molar-refractivity contribution in [1.82, 2.24) is 0 Å². The van der Waals surface area contributed by atoms with Crippen molar-refractivity contribution in [3.63, 3.8) is 0 Å². The highest BCUT2D eigenvalue weighted by atomic mass is 16.6. The first-order valence-corrected chi connectivity index (χ1v) is 10.8. The Morgan fingerprint density at radius 2 is 1.79 bits per heavy atom. The van der Waals surface area contributed by atoms with Gasteiger partial charge in [0.15, 0.2) is 5.60 Å². The number of hydrogen-bond acceptors (Lipinski definition) is 5. The summed E-state index contributed by atoms with van der Waals surface area (Å²) >= 11 is 0. The van der Waals surface area contributed by atoms with Crippen LogP contribution in [-0.4, -0.2) is 45.2 Å². The first-order chi connectivity index (χ1) is 13.1. The molecule has 156 valence electrons. The molecule has 5 heteroatoms. The zero-order chi connectivity index (χ0) is 20.5. The molecule has 0 aromatic rings. The van der Waals surface area contributed by atoms with E-state index in [9.17, 15) is 20.1 Å². The molecule has 28 heavy (non-hydrogen) atoms. The van der Waals surface area contributed by atoms with Crippen LogP contribution in [0.2, 0.25) is 0 Å². The number of aliphatic hydroxyl groups is 3. The van der Waals surface area contributed by atoms with Gasteiger partial charge in [-0.05, 0) is 74.0 Å². The van der Waals surface area contributed by atoms with Gasteiger partial charge in [0.1, 0.15) is 6.10 Å². The molecule has 3 N–H and O–H groups in total. The average Bonchev–Trinajstić information content (AvgIpc) is 2.86. The van der Waals surface area contributed by atoms with Crippen LogP contribution in [0.1, 0.15) is 65.7 Å². The van der Waals surface area contributed by atoms with Crippen LogP contribution in [0.4, 0.5) is 0 Å². The standard InChI is InChI=1S/C23H34O5/c1-5-23(27)19(28-13(2)24)12-17-14-6-7-16-20(26)18(25)9-10-21(16,3)15(14)8-11-22(17,23)4/h1,14-20,25-27H,6-12H2,2-4H3/t14-,15-,16?,17+,18?,19?,20?,21-,22+,23?/m1/s1. The van der Waals surface area contributed by atoms with Crippen LogP contribution >= 0.6 is 0 Å². The van der Waals surface area contributed by atoms with Gasteiger partial charge in [0.25, 0.3) is 0 Å². The quantitative estimate of drug-likeness (QED) is 0.472. The predicted molar refractivity (Wildman–Crippen MR) is 104 cm³/mol. The molecule has 0 saturated heterocycles. The second kappa shape index (κ2) is 6.45. The van der Waals surface area contributed by atoms with Gasteiger partial charge in [0.2, 0.25) is 0 Å². The number of rotatable bonds is 1. The Balaban J connectivity index is 1.67. The second-order valence-corrected chi connectivity index (χ2v) is 10.4. The number of hydrogen-bond donors (Lipinski definition) is 3. The monoisotopic (exact) mass is 390 g/mol. The highest BCUT2D eigenvalue weighted by Gasteiger charge is 2.69. The summed E-state index contributed by atoms with van der Waals surface area (Å²) < 4.78 is 5.51. The normalized spacial score (nSPS) is 55.4. The number of aliphatic hydroxyl groups excluding tert-OH is 2. The Hall–Kier alpha value is -1.09. The van der Waals surface area contributed by atoms with Crippen molar-refractivity contribution >= 4 is 5.97 Å². The van der Waals surface area contributed by atoms with Crippen LogP contribution in [0, 0.1) is 46.8 Å². The minimum absolute atomic E-state index is 0.00330. The second-order valence-electron chi connectivity index (χ2n) is 10.4. The molecule has 4 aliphatic carbocycles. The van der Waals surface area contributed by atoms with Gasteiger partial charge in [0, 0.05) is 12.3 Å². The van der Waals surface area contributed by atoms with E-state index < -0.39 is 35.3 Å². The minimum atomic E-state index is -1.44. The molecule has 4 fully saturated rings. The van der Waals surface area contributed by atoms with E-state index in [1.807, 2.05) is 0 Å². The maximum absolute atomic E-state index is 11.6. The van der Waals surface area contributed by atoms with Crippen molar-refractivity contribution in [3.8, 4) is 12.3 Å². The number of carbonyl (C=O) groups excluding carboxylic acids is 1. The first kappa shape index (κ1) is 20.2. The van der Waals surface area contributed by atoms with Crippen molar-refractivity contribution < 1.29 is 24.9 Å². The van der Waals surface area contributed by atoms with E-state index in [0.29, 0.717) is 24.7 Å². The van der Waals surface area contributed by atoms with Crippen molar-refractivity contribution in [2.75, 3.05) is 0 Å². The van der Waals surface area contributed by atoms with E-state index in [1.165, 1.54) is 6.92 Å². The molecule has 0 heterocycles. The summed E-state index contributed by atoms with van der Waals surface area (Å²) in [5.41, 5.74) is -1.91. The lowest BCUT2D eigenvalue weighted by molar-refractivity contribution is -0.185. The molecule has 0 amide bonds.